The van der Waals surface area contributed by atoms with Gasteiger partial charge in [0.2, 0.25) is 5.91 Å². The van der Waals surface area contributed by atoms with Gasteiger partial charge in [0.05, 0.1) is 4.70 Å². The van der Waals surface area contributed by atoms with Gasteiger partial charge in [-0.15, -0.1) is 0 Å². The molecule has 0 unspecified atom stereocenters. The number of carbonyl (C=O) groups excluding carboxylic acids is 1. The number of thiazole rings is 1. The lowest BCUT2D eigenvalue weighted by atomic mass is 9.96. The largest absolute Gasteiger partial charge is 0.506 e. The average Bonchev–Trinajstić information content (AvgIpc) is 3.24. The predicted molar refractivity (Wildman–Crippen MR) is 149 cm³/mol. The van der Waals surface area contributed by atoms with Crippen LogP contribution in [0.2, 0.25) is 0 Å². The molecular formula is C28H40N4O3S. The van der Waals surface area contributed by atoms with Crippen LogP contribution in [-0.2, 0) is 11.2 Å². The zero-order valence-electron chi connectivity index (χ0n) is 21.9. The molecule has 1 atom stereocenters. The predicted octanol–water partition coefficient (Wildman–Crippen LogP) is 4.09. The van der Waals surface area contributed by atoms with Gasteiger partial charge >= 0.3 is 4.87 Å². The van der Waals surface area contributed by atoms with Gasteiger partial charge < -0.3 is 25.6 Å². The quantitative estimate of drug-likeness (QED) is 0.259. The Balaban J connectivity index is 1.43. The normalized spacial score (nSPS) is 12.7. The lowest BCUT2D eigenvalue weighted by molar-refractivity contribution is -0.132. The summed E-state index contributed by atoms with van der Waals surface area (Å²) in [6.45, 7) is 13.0. The second-order valence-corrected chi connectivity index (χ2v) is 11.6. The summed E-state index contributed by atoms with van der Waals surface area (Å²) in [6, 6.07) is 13.9. The average molecular weight is 513 g/mol. The van der Waals surface area contributed by atoms with Crippen molar-refractivity contribution in [1.82, 2.24) is 20.5 Å². The van der Waals surface area contributed by atoms with Gasteiger partial charge in [-0.25, -0.2) is 0 Å². The van der Waals surface area contributed by atoms with Gasteiger partial charge in [-0.2, -0.15) is 0 Å². The lowest BCUT2D eigenvalue weighted by Crippen LogP contribution is -2.42. The van der Waals surface area contributed by atoms with E-state index in [4.69, 9.17) is 0 Å². The zero-order chi connectivity index (χ0) is 26.1. The highest BCUT2D eigenvalue weighted by molar-refractivity contribution is 7.16. The number of hydrogen-bond acceptors (Lipinski definition) is 6. The minimum absolute atomic E-state index is 0.0221. The highest BCUT2D eigenvalue weighted by Gasteiger charge is 2.20. The van der Waals surface area contributed by atoms with Gasteiger partial charge in [0.15, 0.2) is 0 Å². The molecule has 1 amide bonds. The smallest absolute Gasteiger partial charge is 0.305 e. The fourth-order valence-corrected chi connectivity index (χ4v) is 5.17. The molecular weight excluding hydrogens is 472 g/mol. The molecule has 0 saturated carbocycles. The van der Waals surface area contributed by atoms with E-state index in [1.165, 1.54) is 5.56 Å². The zero-order valence-corrected chi connectivity index (χ0v) is 22.7. The number of phenols is 1. The maximum absolute atomic E-state index is 13.0. The van der Waals surface area contributed by atoms with E-state index in [9.17, 15) is 14.7 Å². The van der Waals surface area contributed by atoms with E-state index in [-0.39, 0.29) is 21.9 Å². The molecule has 0 spiro atoms. The number of H-pyrrole nitrogens is 1. The number of fused-ring (bicyclic) bond motifs is 1. The van der Waals surface area contributed by atoms with Crippen LogP contribution < -0.4 is 15.5 Å². The first kappa shape index (κ1) is 27.9. The van der Waals surface area contributed by atoms with Gasteiger partial charge in [-0.05, 0) is 41.5 Å². The first-order chi connectivity index (χ1) is 17.1. The molecule has 0 bridgehead atoms. The van der Waals surface area contributed by atoms with Crippen molar-refractivity contribution in [2.24, 2.45) is 5.41 Å². The number of rotatable bonds is 13. The van der Waals surface area contributed by atoms with Gasteiger partial charge in [-0.1, -0.05) is 75.4 Å². The molecule has 8 heteroatoms. The van der Waals surface area contributed by atoms with Crippen LogP contribution in [0.4, 0.5) is 0 Å². The van der Waals surface area contributed by atoms with Crippen molar-refractivity contribution in [3.8, 4) is 5.75 Å². The fourth-order valence-electron chi connectivity index (χ4n) is 4.27. The maximum Gasteiger partial charge on any atom is 0.305 e. The van der Waals surface area contributed by atoms with Crippen LogP contribution in [-0.4, -0.2) is 60.2 Å². The number of carbonyl (C=O) groups is 1. The molecule has 0 aliphatic rings. The Labute approximate surface area is 217 Å². The van der Waals surface area contributed by atoms with Crippen LogP contribution >= 0.6 is 11.3 Å². The van der Waals surface area contributed by atoms with Crippen LogP contribution in [0.15, 0.2) is 47.3 Å². The second-order valence-electron chi connectivity index (χ2n) is 10.6. The minimum atomic E-state index is -0.166. The van der Waals surface area contributed by atoms with Crippen molar-refractivity contribution in [3.63, 3.8) is 0 Å². The number of aromatic hydroxyl groups is 1. The van der Waals surface area contributed by atoms with Gasteiger partial charge in [-0.3, -0.25) is 9.59 Å². The highest BCUT2D eigenvalue weighted by Crippen LogP contribution is 2.27. The summed E-state index contributed by atoms with van der Waals surface area (Å²) in [6.07, 6.45) is 1.22. The third-order valence-corrected chi connectivity index (χ3v) is 7.08. The van der Waals surface area contributed by atoms with Crippen molar-refractivity contribution in [1.29, 1.82) is 0 Å². The molecule has 0 radical (unpaired) electrons. The summed E-state index contributed by atoms with van der Waals surface area (Å²) < 4.78 is 0.806. The van der Waals surface area contributed by atoms with Crippen LogP contribution in [0.25, 0.3) is 10.2 Å². The van der Waals surface area contributed by atoms with Crippen LogP contribution in [0, 0.1) is 5.41 Å². The van der Waals surface area contributed by atoms with Crippen molar-refractivity contribution >= 4 is 27.5 Å². The summed E-state index contributed by atoms with van der Waals surface area (Å²) in [5.41, 5.74) is 2.86. The molecule has 4 N–H and O–H groups in total. The molecule has 7 nitrogen and oxygen atoms in total. The first-order valence-corrected chi connectivity index (χ1v) is 13.5. The third kappa shape index (κ3) is 8.47. The van der Waals surface area contributed by atoms with E-state index >= 15 is 0 Å². The molecule has 0 aliphatic carbocycles. The van der Waals surface area contributed by atoms with Gasteiger partial charge in [0.1, 0.15) is 11.3 Å². The molecule has 1 heterocycles. The van der Waals surface area contributed by atoms with Crippen LogP contribution in [0.3, 0.4) is 0 Å². The Morgan fingerprint density at radius 3 is 2.56 bits per heavy atom. The van der Waals surface area contributed by atoms with E-state index in [0.29, 0.717) is 44.0 Å². The number of phenolic OH excluding ortho intramolecular Hbond substituents is 1. The van der Waals surface area contributed by atoms with Crippen molar-refractivity contribution < 1.29 is 9.90 Å². The van der Waals surface area contributed by atoms with Gasteiger partial charge in [0.25, 0.3) is 0 Å². The SMILES string of the molecule is C[C@@H](CNCCC(=O)N(CCNCCc1ccc(O)c2[nH]c(=O)sc12)CC(C)(C)C)c1ccccc1. The molecule has 36 heavy (non-hydrogen) atoms. The first-order valence-electron chi connectivity index (χ1n) is 12.7. The number of hydrogen-bond donors (Lipinski definition) is 4. The van der Waals surface area contributed by atoms with E-state index in [1.807, 2.05) is 17.0 Å². The molecule has 3 aromatic rings. The van der Waals surface area contributed by atoms with Crippen molar-refractivity contribution in [3.05, 3.63) is 63.3 Å². The summed E-state index contributed by atoms with van der Waals surface area (Å²) in [5.74, 6) is 0.669. The standard InChI is InChI=1S/C28H40N4O3S/c1-20(21-8-6-5-7-9-21)18-30-15-13-24(34)32(19-28(2,3)4)17-16-29-14-12-22-10-11-23(33)25-26(22)36-27(35)31-25/h5-11,20,29-30,33H,12-19H2,1-4H3,(H,31,35)/t20-/m0/s1. The van der Waals surface area contributed by atoms with E-state index < -0.39 is 0 Å². The number of aromatic amines is 1. The molecule has 196 valence electrons. The number of nitrogens with zero attached hydrogens (tertiary/aromatic N) is 1. The van der Waals surface area contributed by atoms with Crippen LogP contribution in [0.1, 0.15) is 51.2 Å². The number of amides is 1. The fraction of sp³-hybridized carbons (Fsp3) is 0.500. The third-order valence-electron chi connectivity index (χ3n) is 6.12. The summed E-state index contributed by atoms with van der Waals surface area (Å²) in [7, 11) is 0. The molecule has 2 aromatic carbocycles. The monoisotopic (exact) mass is 512 g/mol. The summed E-state index contributed by atoms with van der Waals surface area (Å²) >= 11 is 1.12. The Kier molecular flexibility index (Phi) is 10.1. The maximum atomic E-state index is 13.0. The molecule has 0 aliphatic heterocycles. The number of aromatic nitrogens is 1. The van der Waals surface area contributed by atoms with Crippen molar-refractivity contribution in [2.75, 3.05) is 39.3 Å². The van der Waals surface area contributed by atoms with Crippen molar-refractivity contribution in [2.45, 2.75) is 46.5 Å². The Morgan fingerprint density at radius 1 is 1.08 bits per heavy atom. The topological polar surface area (TPSA) is 97.5 Å². The molecule has 3 rings (SSSR count). The second kappa shape index (κ2) is 13.0. The van der Waals surface area contributed by atoms with E-state index in [0.717, 1.165) is 41.1 Å². The highest BCUT2D eigenvalue weighted by atomic mass is 32.1. The van der Waals surface area contributed by atoms with Crippen LogP contribution in [0.5, 0.6) is 5.75 Å². The van der Waals surface area contributed by atoms with E-state index in [2.05, 4.69) is 67.6 Å². The molecule has 0 fully saturated rings. The Morgan fingerprint density at radius 2 is 1.83 bits per heavy atom. The Hall–Kier alpha value is -2.68. The summed E-state index contributed by atoms with van der Waals surface area (Å²) in [5, 5.41) is 16.8. The Bertz CT molecular complexity index is 1170. The lowest BCUT2D eigenvalue weighted by Gasteiger charge is -2.30. The van der Waals surface area contributed by atoms with Gasteiger partial charge in [0, 0.05) is 39.1 Å². The molecule has 0 saturated heterocycles. The minimum Gasteiger partial charge on any atom is -0.506 e. The molecule has 1 aromatic heterocycles. The number of nitrogens with one attached hydrogen (secondary N) is 3. The number of benzene rings is 2. The summed E-state index contributed by atoms with van der Waals surface area (Å²) in [4.78, 5) is 29.2. The van der Waals surface area contributed by atoms with E-state index in [1.54, 1.807) is 6.07 Å².